The number of hydrogen-bond donors (Lipinski definition) is 1. The summed E-state index contributed by atoms with van der Waals surface area (Å²) in [6.45, 7) is 0.270. The summed E-state index contributed by atoms with van der Waals surface area (Å²) in [5, 5.41) is 2.54. The second-order valence-electron chi connectivity index (χ2n) is 11.9. The molecule has 4 rings (SSSR count). The molecule has 1 heterocycles. The van der Waals surface area contributed by atoms with Crippen molar-refractivity contribution in [1.29, 1.82) is 0 Å². The molecule has 3 aromatic rings. The van der Waals surface area contributed by atoms with Gasteiger partial charge in [-0.05, 0) is 85.2 Å². The SMILES string of the molecule is B[C@H](C(=O)N1CCCC[C@H]1C(=O)O[C@H](CCc1ccc(OC)c(OC)c1)c1cccc(OCC(=O)NC)c1)c1cc(OC)c(OC)c(OC)c1. The molecular formula is C37H47BN2O10. The predicted octanol–water partition coefficient (Wildman–Crippen LogP) is 3.83. The van der Waals surface area contributed by atoms with Crippen molar-refractivity contribution in [2.24, 2.45) is 0 Å². The Kier molecular flexibility index (Phi) is 13.6. The molecule has 0 radical (unpaired) electrons. The molecule has 0 spiro atoms. The first kappa shape index (κ1) is 37.7. The highest BCUT2D eigenvalue weighted by molar-refractivity contribution is 6.24. The van der Waals surface area contributed by atoms with Crippen LogP contribution >= 0.6 is 0 Å². The van der Waals surface area contributed by atoms with Gasteiger partial charge in [0.2, 0.25) is 11.7 Å². The number of carbonyl (C=O) groups excluding carboxylic acids is 3. The number of ether oxygens (including phenoxy) is 7. The number of likely N-dealkylation sites (N-methyl/N-ethyl adjacent to an activating group) is 1. The number of likely N-dealkylation sites (tertiary alicyclic amines) is 1. The molecule has 13 heteroatoms. The van der Waals surface area contributed by atoms with Crippen LogP contribution < -0.4 is 33.7 Å². The number of nitrogens with zero attached hydrogens (tertiary/aromatic N) is 1. The fourth-order valence-electron chi connectivity index (χ4n) is 6.06. The van der Waals surface area contributed by atoms with E-state index >= 15 is 0 Å². The molecule has 3 aromatic carbocycles. The van der Waals surface area contributed by atoms with E-state index in [2.05, 4.69) is 5.32 Å². The quantitative estimate of drug-likeness (QED) is 0.175. The highest BCUT2D eigenvalue weighted by Gasteiger charge is 2.37. The Morgan fingerprint density at radius 3 is 2.18 bits per heavy atom. The molecule has 50 heavy (non-hydrogen) atoms. The molecule has 3 atom stereocenters. The highest BCUT2D eigenvalue weighted by atomic mass is 16.5. The first-order chi connectivity index (χ1) is 24.2. The van der Waals surface area contributed by atoms with Crippen molar-refractivity contribution in [1.82, 2.24) is 10.2 Å². The van der Waals surface area contributed by atoms with E-state index in [1.54, 1.807) is 57.3 Å². The zero-order chi connectivity index (χ0) is 36.2. The van der Waals surface area contributed by atoms with Gasteiger partial charge in [0.25, 0.3) is 5.91 Å². The summed E-state index contributed by atoms with van der Waals surface area (Å²) in [5.41, 5.74) is 2.33. The van der Waals surface area contributed by atoms with Crippen LogP contribution in [0.5, 0.6) is 34.5 Å². The monoisotopic (exact) mass is 690 g/mol. The van der Waals surface area contributed by atoms with E-state index in [1.807, 2.05) is 24.3 Å². The Bertz CT molecular complexity index is 1610. The zero-order valence-electron chi connectivity index (χ0n) is 29.9. The summed E-state index contributed by atoms with van der Waals surface area (Å²) >= 11 is 0. The lowest BCUT2D eigenvalue weighted by atomic mass is 9.79. The summed E-state index contributed by atoms with van der Waals surface area (Å²) in [6, 6.07) is 15.6. The molecule has 0 aromatic heterocycles. The van der Waals surface area contributed by atoms with Crippen LogP contribution in [0.25, 0.3) is 0 Å². The summed E-state index contributed by atoms with van der Waals surface area (Å²) in [6.07, 6.45) is 2.33. The number of piperidine rings is 1. The van der Waals surface area contributed by atoms with Crippen LogP contribution in [0.1, 0.15) is 54.3 Å². The summed E-state index contributed by atoms with van der Waals surface area (Å²) in [7, 11) is 11.1. The van der Waals surface area contributed by atoms with Crippen LogP contribution in [0, 0.1) is 0 Å². The largest absolute Gasteiger partial charge is 0.493 e. The number of amides is 2. The van der Waals surface area contributed by atoms with Gasteiger partial charge in [0.1, 0.15) is 25.7 Å². The van der Waals surface area contributed by atoms with Gasteiger partial charge < -0.3 is 43.4 Å². The zero-order valence-corrected chi connectivity index (χ0v) is 29.9. The standard InChI is InChI=1S/C37H47BN2O10/c1-39-33(41)22-49-26-11-9-10-24(19-26)28(15-13-23-14-16-29(44-2)30(18-23)45-3)50-37(43)27-12-7-8-17-40(27)36(42)34(38)25-20-31(46-4)35(48-6)32(21-25)47-5/h9-11,14,16,18-21,27-28,34H,7-8,12-13,15,17,22,38H2,1-6H3,(H,39,41)/t27-,28+,34-/m0/s1. The number of rotatable bonds is 16. The van der Waals surface area contributed by atoms with Crippen molar-refractivity contribution in [3.63, 3.8) is 0 Å². The van der Waals surface area contributed by atoms with Crippen LogP contribution in [0.3, 0.4) is 0 Å². The van der Waals surface area contributed by atoms with Gasteiger partial charge in [0.05, 0.1) is 35.5 Å². The predicted molar refractivity (Wildman–Crippen MR) is 189 cm³/mol. The third kappa shape index (κ3) is 9.13. The van der Waals surface area contributed by atoms with E-state index < -0.39 is 23.9 Å². The fraction of sp³-hybridized carbons (Fsp3) is 0.432. The molecule has 0 bridgehead atoms. The highest BCUT2D eigenvalue weighted by Crippen LogP contribution is 2.40. The second kappa shape index (κ2) is 18.1. The average Bonchev–Trinajstić information content (AvgIpc) is 3.16. The van der Waals surface area contributed by atoms with Crippen molar-refractivity contribution in [2.75, 3.05) is 55.7 Å². The molecule has 12 nitrogen and oxygen atoms in total. The van der Waals surface area contributed by atoms with E-state index in [1.165, 1.54) is 28.4 Å². The van der Waals surface area contributed by atoms with E-state index in [9.17, 15) is 14.4 Å². The third-order valence-corrected chi connectivity index (χ3v) is 8.90. The minimum absolute atomic E-state index is 0.153. The average molecular weight is 691 g/mol. The van der Waals surface area contributed by atoms with Crippen LogP contribution in [-0.2, 0) is 25.5 Å². The van der Waals surface area contributed by atoms with Gasteiger partial charge >= 0.3 is 5.97 Å². The van der Waals surface area contributed by atoms with Crippen LogP contribution in [-0.4, -0.2) is 92.3 Å². The molecular weight excluding hydrogens is 643 g/mol. The van der Waals surface area contributed by atoms with E-state index in [4.69, 9.17) is 33.2 Å². The van der Waals surface area contributed by atoms with Crippen molar-refractivity contribution in [3.8, 4) is 34.5 Å². The maximum atomic E-state index is 14.1. The molecule has 2 amide bonds. The van der Waals surface area contributed by atoms with Gasteiger partial charge in [0, 0.05) is 19.4 Å². The lowest BCUT2D eigenvalue weighted by Gasteiger charge is -2.36. The third-order valence-electron chi connectivity index (χ3n) is 8.90. The summed E-state index contributed by atoms with van der Waals surface area (Å²) in [4.78, 5) is 41.6. The Hall–Kier alpha value is -5.07. The summed E-state index contributed by atoms with van der Waals surface area (Å²) in [5.74, 6) is 1.43. The number of methoxy groups -OCH3 is 5. The van der Waals surface area contributed by atoms with Crippen molar-refractivity contribution in [2.45, 2.75) is 50.1 Å². The lowest BCUT2D eigenvalue weighted by molar-refractivity contribution is -0.162. The molecule has 0 aliphatic carbocycles. The molecule has 1 saturated heterocycles. The fourth-order valence-corrected chi connectivity index (χ4v) is 6.06. The van der Waals surface area contributed by atoms with Gasteiger partial charge in [-0.25, -0.2) is 4.79 Å². The van der Waals surface area contributed by atoms with Gasteiger partial charge in [-0.1, -0.05) is 18.2 Å². The number of nitrogens with one attached hydrogen (secondary N) is 1. The molecule has 1 aliphatic heterocycles. The van der Waals surface area contributed by atoms with Gasteiger partial charge in [-0.3, -0.25) is 9.59 Å². The molecule has 0 unspecified atom stereocenters. The topological polar surface area (TPSA) is 131 Å². The van der Waals surface area contributed by atoms with Gasteiger partial charge in [-0.2, -0.15) is 0 Å². The van der Waals surface area contributed by atoms with Crippen molar-refractivity contribution >= 4 is 25.6 Å². The normalized spacial score (nSPS) is 15.2. The Balaban J connectivity index is 1.59. The Labute approximate surface area is 294 Å². The van der Waals surface area contributed by atoms with Crippen LogP contribution in [0.15, 0.2) is 54.6 Å². The molecule has 1 aliphatic rings. The minimum Gasteiger partial charge on any atom is -0.493 e. The Morgan fingerprint density at radius 2 is 1.54 bits per heavy atom. The smallest absolute Gasteiger partial charge is 0.329 e. The Morgan fingerprint density at radius 1 is 0.840 bits per heavy atom. The molecule has 268 valence electrons. The van der Waals surface area contributed by atoms with Gasteiger partial charge in [0.15, 0.2) is 29.6 Å². The van der Waals surface area contributed by atoms with Crippen LogP contribution in [0.2, 0.25) is 0 Å². The summed E-state index contributed by atoms with van der Waals surface area (Å²) < 4.78 is 39.3. The van der Waals surface area contributed by atoms with Gasteiger partial charge in [-0.15, -0.1) is 0 Å². The maximum absolute atomic E-state index is 14.1. The van der Waals surface area contributed by atoms with E-state index in [0.29, 0.717) is 71.4 Å². The first-order valence-corrected chi connectivity index (χ1v) is 16.6. The van der Waals surface area contributed by atoms with E-state index in [0.717, 1.165) is 18.4 Å². The second-order valence-corrected chi connectivity index (χ2v) is 11.9. The molecule has 1 fully saturated rings. The number of hydrogen-bond acceptors (Lipinski definition) is 10. The van der Waals surface area contributed by atoms with Crippen LogP contribution in [0.4, 0.5) is 0 Å². The van der Waals surface area contributed by atoms with Crippen molar-refractivity contribution in [3.05, 3.63) is 71.3 Å². The van der Waals surface area contributed by atoms with Crippen molar-refractivity contribution < 1.29 is 47.5 Å². The maximum Gasteiger partial charge on any atom is 0.329 e. The molecule has 0 saturated carbocycles. The number of carbonyl (C=O) groups is 3. The lowest BCUT2D eigenvalue weighted by Crippen LogP contribution is -2.50. The number of benzene rings is 3. The number of aryl methyl sites for hydroxylation is 1. The molecule has 1 N–H and O–H groups in total. The number of esters is 1. The first-order valence-electron chi connectivity index (χ1n) is 16.6. The van der Waals surface area contributed by atoms with E-state index in [-0.39, 0.29) is 18.4 Å². The minimum atomic E-state index is -0.767.